The average molecular weight is 526 g/mol. The van der Waals surface area contributed by atoms with Crippen LogP contribution in [0, 0.1) is 0 Å². The zero-order valence-corrected chi connectivity index (χ0v) is 19.4. The van der Waals surface area contributed by atoms with Crippen LogP contribution in [-0.2, 0) is 11.4 Å². The number of hydrazone groups is 1. The number of hydrogen-bond acceptors (Lipinski definition) is 3. The Morgan fingerprint density at radius 2 is 1.68 bits per heavy atom. The van der Waals surface area contributed by atoms with Crippen LogP contribution in [0.25, 0.3) is 6.08 Å². The van der Waals surface area contributed by atoms with Gasteiger partial charge in [0.25, 0.3) is 5.91 Å². The number of ether oxygens (including phenoxy) is 1. The van der Waals surface area contributed by atoms with E-state index in [1.807, 2.05) is 0 Å². The first kappa shape index (κ1) is 24.1. The van der Waals surface area contributed by atoms with Crippen molar-refractivity contribution in [3.05, 3.63) is 98.5 Å². The summed E-state index contributed by atoms with van der Waals surface area (Å²) < 4.78 is 47.1. The van der Waals surface area contributed by atoms with Gasteiger partial charge in [0.05, 0.1) is 21.3 Å². The van der Waals surface area contributed by atoms with Gasteiger partial charge < -0.3 is 4.74 Å². The number of nitrogens with zero attached hydrogens (tertiary/aromatic N) is 2. The molecular weight excluding hydrogens is 512 g/mol. The quantitative estimate of drug-likeness (QED) is 0.322. The molecule has 3 aromatic carbocycles. The van der Waals surface area contributed by atoms with Crippen LogP contribution in [0.15, 0.2) is 77.4 Å². The van der Waals surface area contributed by atoms with Crippen molar-refractivity contribution in [3.8, 4) is 5.75 Å². The molecule has 1 aliphatic heterocycles. The molecule has 0 radical (unpaired) electrons. The van der Waals surface area contributed by atoms with Gasteiger partial charge in [0.1, 0.15) is 12.4 Å². The van der Waals surface area contributed by atoms with Crippen molar-refractivity contribution in [2.45, 2.75) is 12.8 Å². The highest BCUT2D eigenvalue weighted by Gasteiger charge is 2.46. The Labute approximate surface area is 207 Å². The minimum Gasteiger partial charge on any atom is -0.488 e. The van der Waals surface area contributed by atoms with Gasteiger partial charge in [-0.05, 0) is 54.1 Å². The van der Waals surface area contributed by atoms with E-state index in [1.165, 1.54) is 30.3 Å². The van der Waals surface area contributed by atoms with Crippen LogP contribution in [-0.4, -0.2) is 17.8 Å². The summed E-state index contributed by atoms with van der Waals surface area (Å²) in [5, 5.41) is 5.25. The highest BCUT2D eigenvalue weighted by Crippen LogP contribution is 2.35. The molecule has 0 saturated heterocycles. The SMILES string of the molecule is O=C1/C(=C\c2cc(Cl)ccc2OCc2ccc(Cl)c(Cl)c2)C(C(F)(F)F)=NN1c1ccccc1. The van der Waals surface area contributed by atoms with Crippen LogP contribution >= 0.6 is 34.8 Å². The first-order valence-electron chi connectivity index (χ1n) is 9.77. The number of anilines is 1. The lowest BCUT2D eigenvalue weighted by atomic mass is 10.0. The zero-order valence-electron chi connectivity index (χ0n) is 17.1. The monoisotopic (exact) mass is 524 g/mol. The summed E-state index contributed by atoms with van der Waals surface area (Å²) in [6.45, 7) is 0.0546. The molecular formula is C24H14Cl3F3N2O2. The maximum Gasteiger partial charge on any atom is 0.435 e. The lowest BCUT2D eigenvalue weighted by Gasteiger charge is -2.12. The molecule has 0 N–H and O–H groups in total. The van der Waals surface area contributed by atoms with Crippen LogP contribution in [0.3, 0.4) is 0 Å². The van der Waals surface area contributed by atoms with Crippen molar-refractivity contribution < 1.29 is 22.7 Å². The van der Waals surface area contributed by atoms with E-state index in [0.29, 0.717) is 15.6 Å². The molecule has 0 saturated carbocycles. The molecule has 0 atom stereocenters. The summed E-state index contributed by atoms with van der Waals surface area (Å²) >= 11 is 18.0. The second kappa shape index (κ2) is 9.70. The molecule has 1 heterocycles. The molecule has 0 spiro atoms. The summed E-state index contributed by atoms with van der Waals surface area (Å²) in [7, 11) is 0. The van der Waals surface area contributed by atoms with Crippen LogP contribution in [0.1, 0.15) is 11.1 Å². The molecule has 0 aromatic heterocycles. The third-order valence-corrected chi connectivity index (χ3v) is 5.77. The number of para-hydroxylation sites is 1. The van der Waals surface area contributed by atoms with Crippen LogP contribution in [0.5, 0.6) is 5.75 Å². The number of benzene rings is 3. The van der Waals surface area contributed by atoms with Gasteiger partial charge in [-0.3, -0.25) is 4.79 Å². The molecule has 3 aromatic rings. The van der Waals surface area contributed by atoms with E-state index in [-0.39, 0.29) is 28.6 Å². The molecule has 0 bridgehead atoms. The standard InChI is InChI=1S/C24H14Cl3F3N2O2/c25-16-7-9-21(34-13-14-6-8-19(26)20(27)10-14)15(11-16)12-18-22(24(28,29)30)31-32(23(18)33)17-4-2-1-3-5-17/h1-12H,13H2/b18-12-. The smallest absolute Gasteiger partial charge is 0.435 e. The van der Waals surface area contributed by atoms with E-state index >= 15 is 0 Å². The highest BCUT2D eigenvalue weighted by atomic mass is 35.5. The van der Waals surface area contributed by atoms with E-state index in [2.05, 4.69) is 5.10 Å². The summed E-state index contributed by atoms with van der Waals surface area (Å²) in [6.07, 6.45) is -3.78. The van der Waals surface area contributed by atoms with Crippen molar-refractivity contribution in [1.82, 2.24) is 0 Å². The van der Waals surface area contributed by atoms with Gasteiger partial charge in [-0.2, -0.15) is 23.3 Å². The third-order valence-electron chi connectivity index (χ3n) is 4.80. The van der Waals surface area contributed by atoms with Gasteiger partial charge >= 0.3 is 6.18 Å². The first-order chi connectivity index (χ1) is 16.1. The van der Waals surface area contributed by atoms with Gasteiger partial charge in [0.2, 0.25) is 0 Å². The maximum absolute atomic E-state index is 13.8. The lowest BCUT2D eigenvalue weighted by Crippen LogP contribution is -2.25. The summed E-state index contributed by atoms with van der Waals surface area (Å²) in [5.74, 6) is -0.704. The summed E-state index contributed by atoms with van der Waals surface area (Å²) in [6, 6.07) is 17.2. The van der Waals surface area contributed by atoms with Gasteiger partial charge in [-0.15, -0.1) is 0 Å². The summed E-state index contributed by atoms with van der Waals surface area (Å²) in [4.78, 5) is 13.0. The Bertz CT molecular complexity index is 1310. The van der Waals surface area contributed by atoms with E-state index in [0.717, 1.165) is 11.1 Å². The van der Waals surface area contributed by atoms with Crippen molar-refractivity contribution in [1.29, 1.82) is 0 Å². The lowest BCUT2D eigenvalue weighted by molar-refractivity contribution is -0.114. The fraction of sp³-hybridized carbons (Fsp3) is 0.0833. The van der Waals surface area contributed by atoms with Gasteiger partial charge in [-0.1, -0.05) is 59.1 Å². The summed E-state index contributed by atoms with van der Waals surface area (Å²) in [5.41, 5.74) is -0.856. The fourth-order valence-electron chi connectivity index (χ4n) is 3.21. The Hall–Kier alpha value is -3.00. The number of carbonyl (C=O) groups is 1. The Balaban J connectivity index is 1.70. The number of hydrogen-bond donors (Lipinski definition) is 0. The molecule has 4 rings (SSSR count). The minimum absolute atomic E-state index is 0.0546. The molecule has 4 nitrogen and oxygen atoms in total. The largest absolute Gasteiger partial charge is 0.488 e. The number of alkyl halides is 3. The third kappa shape index (κ3) is 5.22. The molecule has 0 aliphatic carbocycles. The normalized spacial score (nSPS) is 15.1. The van der Waals surface area contributed by atoms with E-state index in [9.17, 15) is 18.0 Å². The predicted molar refractivity (Wildman–Crippen MR) is 128 cm³/mol. The number of rotatable bonds is 5. The number of amides is 1. The number of carbonyl (C=O) groups excluding carboxylic acids is 1. The molecule has 0 fully saturated rings. The molecule has 0 unspecified atom stereocenters. The van der Waals surface area contributed by atoms with Crippen molar-refractivity contribution in [3.63, 3.8) is 0 Å². The second-order valence-corrected chi connectivity index (χ2v) is 8.43. The van der Waals surface area contributed by atoms with Crippen LogP contribution < -0.4 is 9.75 Å². The predicted octanol–water partition coefficient (Wildman–Crippen LogP) is 7.57. The Morgan fingerprint density at radius 1 is 0.941 bits per heavy atom. The minimum atomic E-state index is -4.86. The fourth-order valence-corrected chi connectivity index (χ4v) is 3.71. The zero-order chi connectivity index (χ0) is 24.5. The van der Waals surface area contributed by atoms with Crippen LogP contribution in [0.4, 0.5) is 18.9 Å². The van der Waals surface area contributed by atoms with Gasteiger partial charge in [0.15, 0.2) is 5.71 Å². The Kier molecular flexibility index (Phi) is 6.89. The van der Waals surface area contributed by atoms with Gasteiger partial charge in [-0.25, -0.2) is 0 Å². The molecule has 10 heteroatoms. The Morgan fingerprint density at radius 3 is 2.35 bits per heavy atom. The van der Waals surface area contributed by atoms with E-state index in [4.69, 9.17) is 39.5 Å². The topological polar surface area (TPSA) is 41.9 Å². The molecule has 174 valence electrons. The van der Waals surface area contributed by atoms with Crippen molar-refractivity contribution >= 4 is 58.2 Å². The maximum atomic E-state index is 13.8. The van der Waals surface area contributed by atoms with E-state index in [1.54, 1.807) is 36.4 Å². The molecule has 1 aliphatic rings. The highest BCUT2D eigenvalue weighted by molar-refractivity contribution is 6.42. The van der Waals surface area contributed by atoms with Crippen molar-refractivity contribution in [2.75, 3.05) is 5.01 Å². The van der Waals surface area contributed by atoms with Gasteiger partial charge in [0, 0.05) is 10.6 Å². The van der Waals surface area contributed by atoms with E-state index < -0.39 is 23.4 Å². The number of halogens is 6. The molecule has 1 amide bonds. The second-order valence-electron chi connectivity index (χ2n) is 7.18. The average Bonchev–Trinajstić information content (AvgIpc) is 3.12. The molecule has 34 heavy (non-hydrogen) atoms. The van der Waals surface area contributed by atoms with Crippen LogP contribution in [0.2, 0.25) is 15.1 Å². The first-order valence-corrected chi connectivity index (χ1v) is 10.9. The van der Waals surface area contributed by atoms with Crippen molar-refractivity contribution in [2.24, 2.45) is 5.10 Å².